The molecule has 2 aromatic rings. The van der Waals surface area contributed by atoms with Crippen LogP contribution in [-0.2, 0) is 0 Å². The molecule has 2 aromatic carbocycles. The molecule has 0 spiro atoms. The molecular formula is C18H18O6. The first-order valence-corrected chi connectivity index (χ1v) is 7.47. The number of phenolic OH excluding ortho intramolecular Hbond substituents is 3. The zero-order chi connectivity index (χ0) is 17.6. The quantitative estimate of drug-likeness (QED) is 0.783. The molecule has 3 rings (SSSR count). The van der Waals surface area contributed by atoms with E-state index in [9.17, 15) is 20.1 Å². The maximum Gasteiger partial charge on any atom is 0.174 e. The van der Waals surface area contributed by atoms with Crippen LogP contribution in [0.1, 0.15) is 39.6 Å². The van der Waals surface area contributed by atoms with Crippen molar-refractivity contribution in [2.45, 2.75) is 26.4 Å². The fourth-order valence-corrected chi connectivity index (χ4v) is 2.98. The standard InChI is InChI=1S/C18H18O6/c1-8-15(20)9(2)18-14(16(8)21)11(19)7-13(24-18)10-5-4-6-12(23-3)17(10)22/h4-6,13,20-22H,7H2,1-3H3. The summed E-state index contributed by atoms with van der Waals surface area (Å²) in [5.41, 5.74) is 1.10. The highest BCUT2D eigenvalue weighted by atomic mass is 16.5. The van der Waals surface area contributed by atoms with E-state index in [4.69, 9.17) is 9.47 Å². The minimum absolute atomic E-state index is 0.0368. The Hall–Kier alpha value is -2.89. The first kappa shape index (κ1) is 16.0. The van der Waals surface area contributed by atoms with Gasteiger partial charge in [-0.2, -0.15) is 0 Å². The Morgan fingerprint density at radius 3 is 2.46 bits per heavy atom. The summed E-state index contributed by atoms with van der Waals surface area (Å²) in [6.07, 6.45) is -0.773. The number of rotatable bonds is 2. The third-order valence-electron chi connectivity index (χ3n) is 4.38. The molecule has 1 aliphatic heterocycles. The number of aromatic hydroxyl groups is 3. The lowest BCUT2D eigenvalue weighted by atomic mass is 9.91. The number of fused-ring (bicyclic) bond motifs is 1. The van der Waals surface area contributed by atoms with Crippen LogP contribution in [0.25, 0.3) is 0 Å². The number of Topliss-reactive ketones (excluding diaryl/α,β-unsaturated/α-hetero) is 1. The smallest absolute Gasteiger partial charge is 0.174 e. The third-order valence-corrected chi connectivity index (χ3v) is 4.38. The summed E-state index contributed by atoms with van der Waals surface area (Å²) in [6, 6.07) is 4.93. The Bertz CT molecular complexity index is 840. The van der Waals surface area contributed by atoms with Crippen molar-refractivity contribution in [3.8, 4) is 28.7 Å². The Labute approximate surface area is 138 Å². The molecule has 6 nitrogen and oxygen atoms in total. The van der Waals surface area contributed by atoms with Crippen molar-refractivity contribution >= 4 is 5.78 Å². The Morgan fingerprint density at radius 2 is 1.79 bits per heavy atom. The van der Waals surface area contributed by atoms with E-state index in [1.165, 1.54) is 14.0 Å². The van der Waals surface area contributed by atoms with Crippen molar-refractivity contribution in [2.24, 2.45) is 0 Å². The summed E-state index contributed by atoms with van der Waals surface area (Å²) in [4.78, 5) is 12.5. The second-order valence-corrected chi connectivity index (χ2v) is 5.78. The first-order valence-electron chi connectivity index (χ1n) is 7.47. The first-order chi connectivity index (χ1) is 11.4. The van der Waals surface area contributed by atoms with Gasteiger partial charge in [-0.15, -0.1) is 0 Å². The molecule has 6 heteroatoms. The van der Waals surface area contributed by atoms with E-state index in [2.05, 4.69) is 0 Å². The van der Waals surface area contributed by atoms with Gasteiger partial charge in [0.05, 0.1) is 13.5 Å². The average molecular weight is 330 g/mol. The van der Waals surface area contributed by atoms with Gasteiger partial charge < -0.3 is 24.8 Å². The van der Waals surface area contributed by atoms with E-state index in [1.54, 1.807) is 25.1 Å². The molecule has 1 unspecified atom stereocenters. The Morgan fingerprint density at radius 1 is 1.08 bits per heavy atom. The van der Waals surface area contributed by atoms with E-state index in [0.717, 1.165) is 0 Å². The monoisotopic (exact) mass is 330 g/mol. The van der Waals surface area contributed by atoms with Crippen LogP contribution in [0.3, 0.4) is 0 Å². The number of carbonyl (C=O) groups is 1. The lowest BCUT2D eigenvalue weighted by molar-refractivity contribution is 0.0839. The van der Waals surface area contributed by atoms with Gasteiger partial charge in [0.2, 0.25) is 0 Å². The van der Waals surface area contributed by atoms with E-state index >= 15 is 0 Å². The van der Waals surface area contributed by atoms with Crippen molar-refractivity contribution in [1.29, 1.82) is 0 Å². The lowest BCUT2D eigenvalue weighted by Gasteiger charge is -2.29. The molecule has 0 saturated carbocycles. The summed E-state index contributed by atoms with van der Waals surface area (Å²) in [7, 11) is 1.43. The highest BCUT2D eigenvalue weighted by Gasteiger charge is 2.35. The molecule has 3 N–H and O–H groups in total. The minimum atomic E-state index is -0.736. The van der Waals surface area contributed by atoms with Crippen LogP contribution in [0.5, 0.6) is 28.7 Å². The molecule has 0 bridgehead atoms. The Kier molecular flexibility index (Phi) is 3.75. The van der Waals surface area contributed by atoms with Gasteiger partial charge in [-0.3, -0.25) is 4.79 Å². The van der Waals surface area contributed by atoms with Crippen molar-refractivity contribution in [3.05, 3.63) is 40.5 Å². The van der Waals surface area contributed by atoms with Crippen LogP contribution in [0, 0.1) is 13.8 Å². The van der Waals surface area contributed by atoms with Crippen molar-refractivity contribution in [3.63, 3.8) is 0 Å². The van der Waals surface area contributed by atoms with Gasteiger partial charge in [0.25, 0.3) is 0 Å². The van der Waals surface area contributed by atoms with Gasteiger partial charge in [-0.25, -0.2) is 0 Å². The van der Waals surface area contributed by atoms with Gasteiger partial charge in [0, 0.05) is 16.7 Å². The number of methoxy groups -OCH3 is 1. The summed E-state index contributed by atoms with van der Waals surface area (Å²) < 4.78 is 10.9. The molecule has 126 valence electrons. The maximum atomic E-state index is 12.5. The van der Waals surface area contributed by atoms with Crippen molar-refractivity contribution in [2.75, 3.05) is 7.11 Å². The predicted molar refractivity (Wildman–Crippen MR) is 86.2 cm³/mol. The fraction of sp³-hybridized carbons (Fsp3) is 0.278. The van der Waals surface area contributed by atoms with E-state index in [0.29, 0.717) is 11.1 Å². The number of benzene rings is 2. The van der Waals surface area contributed by atoms with E-state index in [-0.39, 0.29) is 52.1 Å². The van der Waals surface area contributed by atoms with E-state index < -0.39 is 6.10 Å². The van der Waals surface area contributed by atoms with Crippen LogP contribution in [0.15, 0.2) is 18.2 Å². The number of hydrogen-bond donors (Lipinski definition) is 3. The molecule has 0 aromatic heterocycles. The van der Waals surface area contributed by atoms with Crippen LogP contribution in [0.4, 0.5) is 0 Å². The van der Waals surface area contributed by atoms with Gasteiger partial charge in [0.1, 0.15) is 28.9 Å². The van der Waals surface area contributed by atoms with Crippen molar-refractivity contribution in [1.82, 2.24) is 0 Å². The van der Waals surface area contributed by atoms with Crippen LogP contribution in [-0.4, -0.2) is 28.2 Å². The van der Waals surface area contributed by atoms with Crippen LogP contribution in [0.2, 0.25) is 0 Å². The highest BCUT2D eigenvalue weighted by Crippen LogP contribution is 2.48. The number of carbonyl (C=O) groups excluding carboxylic acids is 1. The summed E-state index contributed by atoms with van der Waals surface area (Å²) in [5.74, 6) is -0.382. The topological polar surface area (TPSA) is 96.2 Å². The van der Waals surface area contributed by atoms with Crippen LogP contribution >= 0.6 is 0 Å². The lowest BCUT2D eigenvalue weighted by Crippen LogP contribution is -2.22. The number of ketones is 1. The third kappa shape index (κ3) is 2.22. The largest absolute Gasteiger partial charge is 0.507 e. The highest BCUT2D eigenvalue weighted by molar-refractivity contribution is 6.03. The molecule has 24 heavy (non-hydrogen) atoms. The van der Waals surface area contributed by atoms with Gasteiger partial charge >= 0.3 is 0 Å². The normalized spacial score (nSPS) is 16.5. The summed E-state index contributed by atoms with van der Waals surface area (Å²) >= 11 is 0. The van der Waals surface area contributed by atoms with Crippen molar-refractivity contribution < 1.29 is 29.6 Å². The molecule has 0 fully saturated rings. The molecule has 1 heterocycles. The van der Waals surface area contributed by atoms with Gasteiger partial charge in [-0.05, 0) is 19.9 Å². The maximum absolute atomic E-state index is 12.5. The molecule has 0 aliphatic carbocycles. The minimum Gasteiger partial charge on any atom is -0.507 e. The average Bonchev–Trinajstić information content (AvgIpc) is 2.57. The SMILES string of the molecule is COc1cccc(C2CC(=O)c3c(O)c(C)c(O)c(C)c3O2)c1O. The molecular weight excluding hydrogens is 312 g/mol. The molecule has 1 atom stereocenters. The second-order valence-electron chi connectivity index (χ2n) is 5.78. The predicted octanol–water partition coefficient (Wildman–Crippen LogP) is 3.14. The van der Waals surface area contributed by atoms with Gasteiger partial charge in [-0.1, -0.05) is 12.1 Å². The fourth-order valence-electron chi connectivity index (χ4n) is 2.98. The summed E-state index contributed by atoms with van der Waals surface area (Å²) in [6.45, 7) is 3.15. The zero-order valence-electron chi connectivity index (χ0n) is 13.6. The van der Waals surface area contributed by atoms with Gasteiger partial charge in [0.15, 0.2) is 17.3 Å². The molecule has 1 aliphatic rings. The van der Waals surface area contributed by atoms with Crippen LogP contribution < -0.4 is 9.47 Å². The number of para-hydroxylation sites is 1. The number of ether oxygens (including phenoxy) is 2. The second kappa shape index (κ2) is 5.63. The Balaban J connectivity index is 2.13. The van der Waals surface area contributed by atoms with E-state index in [1.807, 2.05) is 0 Å². The molecule has 0 radical (unpaired) electrons. The molecule has 0 saturated heterocycles. The summed E-state index contributed by atoms with van der Waals surface area (Å²) in [5, 5.41) is 30.6. The number of phenols is 3. The molecule has 0 amide bonds. The number of hydrogen-bond acceptors (Lipinski definition) is 6. The zero-order valence-corrected chi connectivity index (χ0v) is 13.6.